The molecule has 0 atom stereocenters. The molecule has 0 unspecified atom stereocenters. The molecule has 0 spiro atoms. The summed E-state index contributed by atoms with van der Waals surface area (Å²) >= 11 is 3.75. The van der Waals surface area contributed by atoms with Gasteiger partial charge in [0.15, 0.2) is 0 Å². The van der Waals surface area contributed by atoms with E-state index in [1.54, 1.807) is 0 Å². The number of rotatable bonds is 5. The Hall–Kier alpha value is -6.26. The largest absolute Gasteiger partial charge is 0.310 e. The zero-order valence-electron chi connectivity index (χ0n) is 28.7. The minimum Gasteiger partial charge on any atom is -0.310 e. The van der Waals surface area contributed by atoms with E-state index in [2.05, 4.69) is 193 Å². The van der Waals surface area contributed by atoms with Crippen molar-refractivity contribution in [2.45, 2.75) is 0 Å². The minimum absolute atomic E-state index is 1.12. The molecule has 11 rings (SSSR count). The van der Waals surface area contributed by atoms with Crippen LogP contribution in [0.5, 0.6) is 0 Å². The van der Waals surface area contributed by atoms with Gasteiger partial charge in [0.2, 0.25) is 0 Å². The van der Waals surface area contributed by atoms with Gasteiger partial charge in [-0.15, -0.1) is 22.7 Å². The van der Waals surface area contributed by atoms with Crippen LogP contribution >= 0.6 is 22.7 Å². The van der Waals surface area contributed by atoms with Gasteiger partial charge in [-0.1, -0.05) is 140 Å². The molecule has 0 saturated heterocycles. The molecule has 248 valence electrons. The number of hydrogen-bond donors (Lipinski definition) is 0. The van der Waals surface area contributed by atoms with Crippen LogP contribution in [0.4, 0.5) is 17.1 Å². The first kappa shape index (κ1) is 30.4. The second-order valence-electron chi connectivity index (χ2n) is 13.7. The van der Waals surface area contributed by atoms with Crippen molar-refractivity contribution in [3.8, 4) is 22.3 Å². The molecule has 0 aliphatic heterocycles. The van der Waals surface area contributed by atoms with E-state index >= 15 is 0 Å². The van der Waals surface area contributed by atoms with Crippen LogP contribution < -0.4 is 4.90 Å². The van der Waals surface area contributed by atoms with Crippen molar-refractivity contribution in [3.05, 3.63) is 188 Å². The lowest BCUT2D eigenvalue weighted by Gasteiger charge is -2.29. The molecule has 2 aromatic heterocycles. The summed E-state index contributed by atoms with van der Waals surface area (Å²) in [5.41, 5.74) is 8.34. The van der Waals surface area contributed by atoms with E-state index in [4.69, 9.17) is 0 Å². The van der Waals surface area contributed by atoms with Crippen molar-refractivity contribution < 1.29 is 0 Å². The van der Waals surface area contributed by atoms with Crippen LogP contribution in [0.3, 0.4) is 0 Å². The van der Waals surface area contributed by atoms with Gasteiger partial charge in [-0.25, -0.2) is 0 Å². The first-order chi connectivity index (χ1) is 26.3. The summed E-state index contributed by atoms with van der Waals surface area (Å²) in [4.78, 5) is 2.48. The van der Waals surface area contributed by atoms with Crippen LogP contribution in [-0.4, -0.2) is 0 Å². The van der Waals surface area contributed by atoms with Gasteiger partial charge >= 0.3 is 0 Å². The molecule has 0 saturated carbocycles. The van der Waals surface area contributed by atoms with Crippen LogP contribution in [-0.2, 0) is 0 Å². The molecule has 0 amide bonds. The molecule has 2 heterocycles. The van der Waals surface area contributed by atoms with Crippen molar-refractivity contribution in [2.24, 2.45) is 0 Å². The van der Waals surface area contributed by atoms with Crippen molar-refractivity contribution in [1.29, 1.82) is 0 Å². The van der Waals surface area contributed by atoms with E-state index in [-0.39, 0.29) is 0 Å². The van der Waals surface area contributed by atoms with E-state index < -0.39 is 0 Å². The fourth-order valence-electron chi connectivity index (χ4n) is 8.22. The lowest BCUT2D eigenvalue weighted by Crippen LogP contribution is -2.11. The zero-order valence-corrected chi connectivity index (χ0v) is 30.3. The second-order valence-corrected chi connectivity index (χ2v) is 15.8. The quantitative estimate of drug-likeness (QED) is 0.161. The van der Waals surface area contributed by atoms with E-state index in [0.717, 1.165) is 17.1 Å². The lowest BCUT2D eigenvalue weighted by atomic mass is 9.92. The maximum Gasteiger partial charge on any atom is 0.0546 e. The number of benzene rings is 9. The van der Waals surface area contributed by atoms with E-state index in [9.17, 15) is 0 Å². The summed E-state index contributed by atoms with van der Waals surface area (Å²) in [6.07, 6.45) is 0. The smallest absolute Gasteiger partial charge is 0.0546 e. The van der Waals surface area contributed by atoms with Gasteiger partial charge in [-0.3, -0.25) is 0 Å². The second kappa shape index (κ2) is 12.2. The Kier molecular flexibility index (Phi) is 6.97. The maximum absolute atomic E-state index is 2.48. The van der Waals surface area contributed by atoms with Crippen LogP contribution in [0.15, 0.2) is 188 Å². The van der Waals surface area contributed by atoms with Crippen molar-refractivity contribution in [3.63, 3.8) is 0 Å². The van der Waals surface area contributed by atoms with Gasteiger partial charge in [-0.2, -0.15) is 0 Å². The summed E-state index contributed by atoms with van der Waals surface area (Å²) in [5.74, 6) is 0. The van der Waals surface area contributed by atoms with Crippen LogP contribution in [0.1, 0.15) is 0 Å². The SMILES string of the molecule is c1ccc(-c2cc(N(c3ccc4sc5ccccc5c4c3)c3cc4ccccc4c4ccccc34)ccc2-c2cccc3c2sc2ccccc23)cc1. The van der Waals surface area contributed by atoms with Crippen molar-refractivity contribution in [1.82, 2.24) is 0 Å². The maximum atomic E-state index is 2.48. The molecular weight excluding hydrogens is 679 g/mol. The molecule has 11 aromatic rings. The summed E-state index contributed by atoms with van der Waals surface area (Å²) in [5, 5.41) is 10.2. The number of hydrogen-bond acceptors (Lipinski definition) is 3. The number of thiophene rings is 2. The fraction of sp³-hybridized carbons (Fsp3) is 0. The first-order valence-corrected chi connectivity index (χ1v) is 19.6. The van der Waals surface area contributed by atoms with Crippen molar-refractivity contribution >= 4 is 102 Å². The number of fused-ring (bicyclic) bond motifs is 9. The Bertz CT molecular complexity index is 3190. The van der Waals surface area contributed by atoms with Crippen LogP contribution in [0.25, 0.3) is 84.1 Å². The van der Waals surface area contributed by atoms with Gasteiger partial charge in [0.1, 0.15) is 0 Å². The summed E-state index contributed by atoms with van der Waals surface area (Å²) in [6, 6.07) is 69.3. The highest BCUT2D eigenvalue weighted by Crippen LogP contribution is 2.48. The fourth-order valence-corrected chi connectivity index (χ4v) is 10.5. The zero-order chi connectivity index (χ0) is 34.9. The molecule has 0 radical (unpaired) electrons. The van der Waals surface area contributed by atoms with Crippen molar-refractivity contribution in [2.75, 3.05) is 4.90 Å². The molecule has 0 bridgehead atoms. The highest BCUT2D eigenvalue weighted by atomic mass is 32.1. The van der Waals surface area contributed by atoms with Gasteiger partial charge < -0.3 is 4.90 Å². The van der Waals surface area contributed by atoms with Gasteiger partial charge in [0.05, 0.1) is 5.69 Å². The number of nitrogens with zero attached hydrogens (tertiary/aromatic N) is 1. The van der Waals surface area contributed by atoms with Crippen LogP contribution in [0.2, 0.25) is 0 Å². The summed E-state index contributed by atoms with van der Waals surface area (Å²) < 4.78 is 5.26. The van der Waals surface area contributed by atoms with E-state index in [1.165, 1.54) is 84.1 Å². The third-order valence-corrected chi connectivity index (χ3v) is 13.0. The first-order valence-electron chi connectivity index (χ1n) is 18.0. The monoisotopic (exact) mass is 709 g/mol. The normalized spacial score (nSPS) is 11.8. The van der Waals surface area contributed by atoms with E-state index in [1.807, 2.05) is 22.7 Å². The Morgan fingerprint density at radius 3 is 1.75 bits per heavy atom. The Balaban J connectivity index is 1.21. The predicted octanol–water partition coefficient (Wildman–Crippen LogP) is 15.5. The highest BCUT2D eigenvalue weighted by molar-refractivity contribution is 7.26. The molecule has 53 heavy (non-hydrogen) atoms. The Labute approximate surface area is 315 Å². The van der Waals surface area contributed by atoms with Crippen LogP contribution in [0, 0.1) is 0 Å². The summed E-state index contributed by atoms with van der Waals surface area (Å²) in [7, 11) is 0. The number of anilines is 3. The van der Waals surface area contributed by atoms with Gasteiger partial charge in [0, 0.05) is 62.7 Å². The molecule has 0 aliphatic rings. The molecular formula is C50H31NS2. The minimum atomic E-state index is 1.12. The van der Waals surface area contributed by atoms with Gasteiger partial charge in [0.25, 0.3) is 0 Å². The molecule has 1 nitrogen and oxygen atoms in total. The topological polar surface area (TPSA) is 3.24 Å². The van der Waals surface area contributed by atoms with Gasteiger partial charge in [-0.05, 0) is 81.4 Å². The lowest BCUT2D eigenvalue weighted by molar-refractivity contribution is 1.31. The molecule has 3 heteroatoms. The average molecular weight is 710 g/mol. The third-order valence-electron chi connectivity index (χ3n) is 10.6. The highest BCUT2D eigenvalue weighted by Gasteiger charge is 2.21. The molecule has 0 aliphatic carbocycles. The van der Waals surface area contributed by atoms with E-state index in [0.29, 0.717) is 0 Å². The standard InChI is InChI=1S/C50H31NS2/c1-2-13-32(14-3-1)44-30-34(25-27-38(44)42-21-12-22-43-40-19-8-11-24-48(40)53-50(42)43)51(35-26-28-49-45(31-35)41-20-9-10-23-47(41)52-49)46-29-33-15-4-5-16-36(33)37-17-6-7-18-39(37)46/h1-31H. The summed E-state index contributed by atoms with van der Waals surface area (Å²) in [6.45, 7) is 0. The molecule has 0 fully saturated rings. The average Bonchev–Trinajstić information content (AvgIpc) is 3.80. The Morgan fingerprint density at radius 1 is 0.321 bits per heavy atom. The molecule has 9 aromatic carbocycles. The molecule has 0 N–H and O–H groups in total. The Morgan fingerprint density at radius 2 is 0.925 bits per heavy atom. The predicted molar refractivity (Wildman–Crippen MR) is 233 cm³/mol. The third kappa shape index (κ3) is 4.89.